The molecule has 0 spiro atoms. The van der Waals surface area contributed by atoms with Gasteiger partial charge >= 0.3 is 0 Å². The molecule has 116 valence electrons. The number of nitrogens with zero attached hydrogens (tertiary/aromatic N) is 3. The van der Waals surface area contributed by atoms with E-state index in [1.165, 1.54) is 10.9 Å². The van der Waals surface area contributed by atoms with Crippen LogP contribution in [0.5, 0.6) is 5.75 Å². The lowest BCUT2D eigenvalue weighted by molar-refractivity contribution is 0.0688. The molecule has 3 rings (SSSR count). The molecule has 6 nitrogen and oxygen atoms in total. The molecule has 1 aromatic carbocycles. The number of para-hydroxylation sites is 1. The van der Waals surface area contributed by atoms with E-state index in [9.17, 15) is 9.90 Å². The molecule has 1 amide bonds. The van der Waals surface area contributed by atoms with Crippen LogP contribution in [0.15, 0.2) is 36.5 Å². The van der Waals surface area contributed by atoms with Gasteiger partial charge in [-0.3, -0.25) is 4.79 Å². The van der Waals surface area contributed by atoms with Crippen LogP contribution >= 0.6 is 0 Å². The number of benzene rings is 1. The number of likely N-dealkylation sites (tertiary alicyclic amines) is 1. The summed E-state index contributed by atoms with van der Waals surface area (Å²) in [6, 6.07) is 9.73. The molecule has 1 aromatic heterocycles. The summed E-state index contributed by atoms with van der Waals surface area (Å²) in [5.74, 6) is -0.299. The van der Waals surface area contributed by atoms with Crippen LogP contribution in [0.2, 0.25) is 0 Å². The summed E-state index contributed by atoms with van der Waals surface area (Å²) in [4.78, 5) is 14.3. The van der Waals surface area contributed by atoms with Gasteiger partial charge in [0.25, 0.3) is 5.91 Å². The minimum atomic E-state index is -0.216. The summed E-state index contributed by atoms with van der Waals surface area (Å²) in [5, 5.41) is 17.5. The summed E-state index contributed by atoms with van der Waals surface area (Å²) in [6.45, 7) is 1.35. The molecule has 0 aliphatic carbocycles. The fraction of sp³-hybridized carbons (Fsp3) is 0.375. The molecule has 1 fully saturated rings. The second-order valence-electron chi connectivity index (χ2n) is 5.52. The highest BCUT2D eigenvalue weighted by Gasteiger charge is 2.27. The number of likely N-dealkylation sites (N-methyl/N-ethyl adjacent to an activating group) is 1. The molecule has 1 atom stereocenters. The predicted molar refractivity (Wildman–Crippen MR) is 83.2 cm³/mol. The Balaban J connectivity index is 1.83. The van der Waals surface area contributed by atoms with E-state index in [1.807, 2.05) is 37.4 Å². The van der Waals surface area contributed by atoms with Crippen molar-refractivity contribution in [1.82, 2.24) is 20.0 Å². The topological polar surface area (TPSA) is 70.4 Å². The molecular weight excluding hydrogens is 280 g/mol. The van der Waals surface area contributed by atoms with E-state index < -0.39 is 0 Å². The molecular formula is C16H20N4O2. The van der Waals surface area contributed by atoms with Gasteiger partial charge in [-0.15, -0.1) is 0 Å². The van der Waals surface area contributed by atoms with Gasteiger partial charge in [0.1, 0.15) is 0 Å². The normalized spacial score (nSPS) is 18.4. The number of hydrogen-bond donors (Lipinski definition) is 2. The molecule has 0 unspecified atom stereocenters. The van der Waals surface area contributed by atoms with Gasteiger partial charge in [0.05, 0.1) is 11.9 Å². The number of piperidine rings is 1. The molecule has 0 saturated carbocycles. The van der Waals surface area contributed by atoms with Crippen molar-refractivity contribution in [2.24, 2.45) is 0 Å². The van der Waals surface area contributed by atoms with E-state index in [-0.39, 0.29) is 17.4 Å². The number of rotatable bonds is 3. The van der Waals surface area contributed by atoms with Gasteiger partial charge in [0.2, 0.25) is 0 Å². The number of carbonyl (C=O) groups excluding carboxylic acids is 1. The molecule has 1 aliphatic rings. The lowest BCUT2D eigenvalue weighted by atomic mass is 10.1. The zero-order chi connectivity index (χ0) is 15.5. The zero-order valence-electron chi connectivity index (χ0n) is 12.6. The van der Waals surface area contributed by atoms with Crippen LogP contribution in [0, 0.1) is 0 Å². The SMILES string of the molecule is CN[C@@H]1CCCN(C(=O)c2nn(-c3ccccc3)cc2O)C1. The zero-order valence-corrected chi connectivity index (χ0v) is 12.6. The van der Waals surface area contributed by atoms with E-state index in [2.05, 4.69) is 10.4 Å². The van der Waals surface area contributed by atoms with Crippen LogP contribution in [0.25, 0.3) is 5.69 Å². The van der Waals surface area contributed by atoms with Crippen LogP contribution in [0.1, 0.15) is 23.3 Å². The largest absolute Gasteiger partial charge is 0.504 e. The van der Waals surface area contributed by atoms with Gasteiger partial charge in [-0.25, -0.2) is 4.68 Å². The Morgan fingerprint density at radius 2 is 2.14 bits per heavy atom. The molecule has 2 aromatic rings. The second-order valence-corrected chi connectivity index (χ2v) is 5.52. The van der Waals surface area contributed by atoms with E-state index >= 15 is 0 Å². The van der Waals surface area contributed by atoms with Crippen molar-refractivity contribution in [3.05, 3.63) is 42.2 Å². The Bertz CT molecular complexity index is 653. The Morgan fingerprint density at radius 3 is 2.86 bits per heavy atom. The Hall–Kier alpha value is -2.34. The van der Waals surface area contributed by atoms with Crippen molar-refractivity contribution in [2.45, 2.75) is 18.9 Å². The van der Waals surface area contributed by atoms with Crippen molar-refractivity contribution in [1.29, 1.82) is 0 Å². The van der Waals surface area contributed by atoms with Crippen molar-refractivity contribution in [2.75, 3.05) is 20.1 Å². The summed E-state index contributed by atoms with van der Waals surface area (Å²) >= 11 is 0. The number of aromatic hydroxyl groups is 1. The third kappa shape index (κ3) is 2.82. The molecule has 6 heteroatoms. The van der Waals surface area contributed by atoms with Crippen molar-refractivity contribution in [3.63, 3.8) is 0 Å². The van der Waals surface area contributed by atoms with Gasteiger partial charge in [-0.2, -0.15) is 5.10 Å². The van der Waals surface area contributed by atoms with E-state index in [0.717, 1.165) is 18.5 Å². The van der Waals surface area contributed by atoms with Gasteiger partial charge in [0, 0.05) is 19.1 Å². The maximum Gasteiger partial charge on any atom is 0.278 e. The molecule has 22 heavy (non-hydrogen) atoms. The minimum absolute atomic E-state index is 0.0829. The monoisotopic (exact) mass is 300 g/mol. The standard InChI is InChI=1S/C16H20N4O2/c1-17-12-6-5-9-19(10-12)16(22)15-14(21)11-20(18-15)13-7-3-2-4-8-13/h2-4,7-8,11-12,17,21H,5-6,9-10H2,1H3/t12-/m1/s1. The second kappa shape index (κ2) is 6.19. The average Bonchev–Trinajstić information content (AvgIpc) is 2.97. The molecule has 2 heterocycles. The first-order valence-corrected chi connectivity index (χ1v) is 7.49. The number of aromatic nitrogens is 2. The van der Waals surface area contributed by atoms with Crippen LogP contribution in [0.3, 0.4) is 0 Å². The quantitative estimate of drug-likeness (QED) is 0.899. The first-order valence-electron chi connectivity index (χ1n) is 7.49. The maximum absolute atomic E-state index is 12.6. The highest BCUT2D eigenvalue weighted by Crippen LogP contribution is 2.21. The Kier molecular flexibility index (Phi) is 4.11. The number of carbonyl (C=O) groups is 1. The molecule has 1 aliphatic heterocycles. The smallest absolute Gasteiger partial charge is 0.278 e. The van der Waals surface area contributed by atoms with Gasteiger partial charge < -0.3 is 15.3 Å². The van der Waals surface area contributed by atoms with Gasteiger partial charge in [0.15, 0.2) is 11.4 Å². The van der Waals surface area contributed by atoms with E-state index in [1.54, 1.807) is 4.90 Å². The number of amides is 1. The van der Waals surface area contributed by atoms with Crippen LogP contribution in [-0.4, -0.2) is 51.9 Å². The van der Waals surface area contributed by atoms with Crippen molar-refractivity contribution >= 4 is 5.91 Å². The van der Waals surface area contributed by atoms with Crippen LogP contribution in [0.4, 0.5) is 0 Å². The summed E-state index contributed by atoms with van der Waals surface area (Å²) in [5.41, 5.74) is 0.921. The third-order valence-electron chi connectivity index (χ3n) is 4.04. The average molecular weight is 300 g/mol. The lowest BCUT2D eigenvalue weighted by Crippen LogP contribution is -2.47. The first kappa shape index (κ1) is 14.6. The molecule has 0 bridgehead atoms. The highest BCUT2D eigenvalue weighted by atomic mass is 16.3. The molecule has 0 radical (unpaired) electrons. The highest BCUT2D eigenvalue weighted by molar-refractivity contribution is 5.95. The van der Waals surface area contributed by atoms with Gasteiger partial charge in [-0.05, 0) is 32.0 Å². The first-order chi connectivity index (χ1) is 10.7. The third-order valence-corrected chi connectivity index (χ3v) is 4.04. The van der Waals surface area contributed by atoms with Crippen LogP contribution in [-0.2, 0) is 0 Å². The fourth-order valence-electron chi connectivity index (χ4n) is 2.78. The lowest BCUT2D eigenvalue weighted by Gasteiger charge is -2.32. The van der Waals surface area contributed by atoms with Gasteiger partial charge in [-0.1, -0.05) is 18.2 Å². The van der Waals surface area contributed by atoms with E-state index in [0.29, 0.717) is 19.1 Å². The minimum Gasteiger partial charge on any atom is -0.504 e. The van der Waals surface area contributed by atoms with Crippen molar-refractivity contribution in [3.8, 4) is 11.4 Å². The predicted octanol–water partition coefficient (Wildman–Crippen LogP) is 1.40. The number of hydrogen-bond acceptors (Lipinski definition) is 4. The molecule has 1 saturated heterocycles. The maximum atomic E-state index is 12.6. The Morgan fingerprint density at radius 1 is 1.36 bits per heavy atom. The summed E-state index contributed by atoms with van der Waals surface area (Å²) in [7, 11) is 1.90. The van der Waals surface area contributed by atoms with E-state index in [4.69, 9.17) is 0 Å². The number of nitrogens with one attached hydrogen (secondary N) is 1. The van der Waals surface area contributed by atoms with Crippen molar-refractivity contribution < 1.29 is 9.90 Å². The summed E-state index contributed by atoms with van der Waals surface area (Å²) < 4.78 is 1.53. The Labute approximate surface area is 129 Å². The van der Waals surface area contributed by atoms with Crippen LogP contribution < -0.4 is 5.32 Å². The fourth-order valence-corrected chi connectivity index (χ4v) is 2.78. The summed E-state index contributed by atoms with van der Waals surface area (Å²) in [6.07, 6.45) is 3.49. The molecule has 2 N–H and O–H groups in total.